The SMILES string of the molecule is CC(C)(C)c1ccc2c(c1)C1(OC2=O)c2ccc(N3CC(O)C3)c[c]2[Ge]([CH3])([CH3])[c]2cc(N3CC(O)C3)ccc21. The van der Waals surface area contributed by atoms with Crippen LogP contribution in [0.4, 0.5) is 11.4 Å². The van der Waals surface area contributed by atoms with E-state index < -0.39 is 18.9 Å². The molecule has 3 aromatic rings. The van der Waals surface area contributed by atoms with Crippen molar-refractivity contribution >= 4 is 39.4 Å². The third-order valence-corrected chi connectivity index (χ3v) is 16.7. The molecule has 0 aromatic heterocycles. The molecule has 39 heavy (non-hydrogen) atoms. The van der Waals surface area contributed by atoms with E-state index in [9.17, 15) is 15.0 Å². The normalized spacial score (nSPS) is 21.2. The zero-order valence-electron chi connectivity index (χ0n) is 23.3. The van der Waals surface area contributed by atoms with Gasteiger partial charge in [0.2, 0.25) is 0 Å². The molecule has 0 radical (unpaired) electrons. The average Bonchev–Trinajstić information content (AvgIpc) is 3.15. The van der Waals surface area contributed by atoms with Crippen LogP contribution in [0.5, 0.6) is 0 Å². The van der Waals surface area contributed by atoms with E-state index in [1.165, 1.54) is 14.4 Å². The predicted molar refractivity (Wildman–Crippen MR) is 157 cm³/mol. The number of esters is 1. The van der Waals surface area contributed by atoms with Crippen molar-refractivity contribution in [1.82, 2.24) is 0 Å². The van der Waals surface area contributed by atoms with Crippen LogP contribution in [0.2, 0.25) is 11.5 Å². The Morgan fingerprint density at radius 3 is 1.77 bits per heavy atom. The Hall–Kier alpha value is -2.81. The molecule has 1 spiro atoms. The van der Waals surface area contributed by atoms with Crippen LogP contribution in [0.25, 0.3) is 0 Å². The number of hydrogen-bond acceptors (Lipinski definition) is 6. The third kappa shape index (κ3) is 3.50. The second-order valence-electron chi connectivity index (χ2n) is 13.3. The second-order valence-corrected chi connectivity index (χ2v) is 22.4. The van der Waals surface area contributed by atoms with Gasteiger partial charge in [0, 0.05) is 0 Å². The van der Waals surface area contributed by atoms with Gasteiger partial charge in [-0.2, -0.15) is 0 Å². The molecule has 0 aliphatic carbocycles. The first-order valence-corrected chi connectivity index (χ1v) is 20.2. The van der Waals surface area contributed by atoms with Gasteiger partial charge in [0.25, 0.3) is 0 Å². The molecule has 4 aliphatic heterocycles. The van der Waals surface area contributed by atoms with Gasteiger partial charge in [-0.25, -0.2) is 0 Å². The van der Waals surface area contributed by atoms with Crippen molar-refractivity contribution in [1.29, 1.82) is 0 Å². The summed E-state index contributed by atoms with van der Waals surface area (Å²) < 4.78 is 9.19. The van der Waals surface area contributed by atoms with E-state index in [2.05, 4.69) is 90.6 Å². The first kappa shape index (κ1) is 25.2. The molecular formula is C32H36GeN2O4. The van der Waals surface area contributed by atoms with Crippen LogP contribution in [0.15, 0.2) is 54.6 Å². The Morgan fingerprint density at radius 1 is 0.795 bits per heavy atom. The number of benzene rings is 3. The van der Waals surface area contributed by atoms with Crippen molar-refractivity contribution in [3.8, 4) is 0 Å². The molecule has 2 N–H and O–H groups in total. The molecule has 4 aliphatic rings. The van der Waals surface area contributed by atoms with Crippen LogP contribution >= 0.6 is 0 Å². The van der Waals surface area contributed by atoms with Gasteiger partial charge >= 0.3 is 233 Å². The number of anilines is 2. The van der Waals surface area contributed by atoms with Crippen LogP contribution in [-0.4, -0.2) is 67.8 Å². The molecule has 202 valence electrons. The van der Waals surface area contributed by atoms with E-state index in [0.29, 0.717) is 31.7 Å². The van der Waals surface area contributed by atoms with Crippen LogP contribution < -0.4 is 18.6 Å². The van der Waals surface area contributed by atoms with Crippen molar-refractivity contribution in [2.75, 3.05) is 36.0 Å². The van der Waals surface area contributed by atoms with E-state index in [1.54, 1.807) is 0 Å². The molecule has 7 heteroatoms. The number of hydrogen-bond donors (Lipinski definition) is 2. The molecule has 0 amide bonds. The van der Waals surface area contributed by atoms with Gasteiger partial charge in [-0.15, -0.1) is 0 Å². The van der Waals surface area contributed by atoms with Crippen LogP contribution in [0.3, 0.4) is 0 Å². The van der Waals surface area contributed by atoms with Gasteiger partial charge in [0.1, 0.15) is 0 Å². The topological polar surface area (TPSA) is 73.2 Å². The van der Waals surface area contributed by atoms with Crippen LogP contribution in [0.1, 0.15) is 53.4 Å². The standard InChI is InChI=1S/C32H36GeN2O4/c1-31(2,3)19-6-9-24-27(12-19)32(39-30(24)38)25-10-7-20(34-15-22(36)16-34)13-28(25)33(4,5)29-14-21(8-11-26(29)32)35-17-23(37)18-35/h6-14,22-23,36-37H,15-18H2,1-5H3. The molecule has 0 saturated carbocycles. The summed E-state index contributed by atoms with van der Waals surface area (Å²) in [5.41, 5.74) is 6.05. The summed E-state index contributed by atoms with van der Waals surface area (Å²) >= 11 is -2.91. The molecule has 0 bridgehead atoms. The molecule has 4 heterocycles. The fraction of sp³-hybridized carbons (Fsp3) is 0.406. The fourth-order valence-electron chi connectivity index (χ4n) is 6.86. The second kappa shape index (κ2) is 8.12. The summed E-state index contributed by atoms with van der Waals surface area (Å²) in [5, 5.41) is 19.9. The van der Waals surface area contributed by atoms with Gasteiger partial charge in [0.05, 0.1) is 0 Å². The Bertz CT molecular complexity index is 1460. The van der Waals surface area contributed by atoms with Gasteiger partial charge < -0.3 is 0 Å². The van der Waals surface area contributed by atoms with E-state index in [4.69, 9.17) is 4.74 Å². The minimum atomic E-state index is -2.91. The number of fused-ring (bicyclic) bond motifs is 6. The summed E-state index contributed by atoms with van der Waals surface area (Å²) in [6.45, 7) is 9.15. The molecule has 2 saturated heterocycles. The summed E-state index contributed by atoms with van der Waals surface area (Å²) in [7, 11) is 0. The Kier molecular flexibility index (Phi) is 5.24. The number of carbonyl (C=O) groups is 1. The summed E-state index contributed by atoms with van der Waals surface area (Å²) in [6, 6.07) is 19.4. The maximum atomic E-state index is 13.5. The minimum absolute atomic E-state index is 0.0797. The van der Waals surface area contributed by atoms with E-state index in [-0.39, 0.29) is 23.6 Å². The van der Waals surface area contributed by atoms with Crippen molar-refractivity contribution in [3.05, 3.63) is 82.4 Å². The number of β-amino-alcohol motifs (C(OH)–C–C–N with tert-alkyl or cyclic N) is 2. The molecule has 2 fully saturated rings. The zero-order chi connectivity index (χ0) is 27.5. The summed E-state index contributed by atoms with van der Waals surface area (Å²) in [4.78, 5) is 18.0. The number of ether oxygens (including phenoxy) is 1. The van der Waals surface area contributed by atoms with Crippen molar-refractivity contribution in [2.24, 2.45) is 0 Å². The number of nitrogens with zero attached hydrogens (tertiary/aromatic N) is 2. The molecular weight excluding hydrogens is 549 g/mol. The number of aliphatic hydroxyl groups is 2. The average molecular weight is 585 g/mol. The van der Waals surface area contributed by atoms with Crippen molar-refractivity contribution in [2.45, 2.75) is 55.5 Å². The summed E-state index contributed by atoms with van der Waals surface area (Å²) in [5.74, 6) is 4.58. The monoisotopic (exact) mass is 586 g/mol. The molecule has 0 atom stereocenters. The van der Waals surface area contributed by atoms with Gasteiger partial charge in [-0.05, 0) is 0 Å². The van der Waals surface area contributed by atoms with E-state index >= 15 is 0 Å². The van der Waals surface area contributed by atoms with E-state index in [1.807, 2.05) is 6.07 Å². The number of carbonyl (C=O) groups excluding carboxylic acids is 1. The van der Waals surface area contributed by atoms with Gasteiger partial charge in [-0.3, -0.25) is 0 Å². The first-order chi connectivity index (χ1) is 18.4. The number of rotatable bonds is 2. The molecule has 6 nitrogen and oxygen atoms in total. The first-order valence-electron chi connectivity index (χ1n) is 13.9. The Morgan fingerprint density at radius 2 is 1.31 bits per heavy atom. The quantitative estimate of drug-likeness (QED) is 0.356. The predicted octanol–water partition coefficient (Wildman–Crippen LogP) is 2.94. The zero-order valence-corrected chi connectivity index (χ0v) is 25.4. The molecule has 7 rings (SSSR count). The summed E-state index contributed by atoms with van der Waals surface area (Å²) in [6.07, 6.45) is -0.564. The van der Waals surface area contributed by atoms with Crippen LogP contribution in [-0.2, 0) is 15.8 Å². The van der Waals surface area contributed by atoms with E-state index in [0.717, 1.165) is 28.1 Å². The van der Waals surface area contributed by atoms with Crippen LogP contribution in [0, 0.1) is 0 Å². The maximum absolute atomic E-state index is 13.5. The Balaban J connectivity index is 1.50. The van der Waals surface area contributed by atoms with Crippen molar-refractivity contribution in [3.63, 3.8) is 0 Å². The fourth-order valence-corrected chi connectivity index (χ4v) is 13.5. The third-order valence-electron chi connectivity index (χ3n) is 9.30. The molecule has 3 aromatic carbocycles. The molecule has 0 unspecified atom stereocenters. The van der Waals surface area contributed by atoms with Gasteiger partial charge in [0.15, 0.2) is 0 Å². The van der Waals surface area contributed by atoms with Crippen molar-refractivity contribution < 1.29 is 19.7 Å². The van der Waals surface area contributed by atoms with Gasteiger partial charge in [-0.1, -0.05) is 0 Å². The number of aliphatic hydroxyl groups excluding tert-OH is 2. The Labute approximate surface area is 232 Å².